The van der Waals surface area contributed by atoms with Gasteiger partial charge in [-0.15, -0.1) is 0 Å². The van der Waals surface area contributed by atoms with Crippen molar-refractivity contribution in [3.05, 3.63) is 35.4 Å². The lowest BCUT2D eigenvalue weighted by Crippen LogP contribution is -2.52. The number of carbonyl (C=O) groups is 1. The van der Waals surface area contributed by atoms with Crippen molar-refractivity contribution < 1.29 is 18.0 Å². The van der Waals surface area contributed by atoms with E-state index in [2.05, 4.69) is 10.6 Å². The van der Waals surface area contributed by atoms with E-state index in [0.29, 0.717) is 0 Å². The fourth-order valence-corrected chi connectivity index (χ4v) is 2.61. The standard InChI is InChI=1S/C15H19F3N2O/c1-10-4-3-5-12(8-10)11(2)20-13(21)14(15(16,17)18)6-7-19-9-14/h3-5,8,11,19H,6-7,9H2,1-2H3,(H,20,21)/t11-,14?/m0/s1. The van der Waals surface area contributed by atoms with Crippen molar-refractivity contribution in [2.24, 2.45) is 5.41 Å². The summed E-state index contributed by atoms with van der Waals surface area (Å²) in [6, 6.07) is 6.92. The monoisotopic (exact) mass is 300 g/mol. The number of amides is 1. The minimum atomic E-state index is -4.55. The molecule has 3 nitrogen and oxygen atoms in total. The topological polar surface area (TPSA) is 41.1 Å². The van der Waals surface area contributed by atoms with Gasteiger partial charge in [0.25, 0.3) is 0 Å². The zero-order valence-electron chi connectivity index (χ0n) is 12.1. The molecule has 21 heavy (non-hydrogen) atoms. The molecule has 1 unspecified atom stereocenters. The Hall–Kier alpha value is -1.56. The van der Waals surface area contributed by atoms with Crippen LogP contribution in [0.1, 0.15) is 30.5 Å². The summed E-state index contributed by atoms with van der Waals surface area (Å²) >= 11 is 0. The van der Waals surface area contributed by atoms with E-state index in [0.717, 1.165) is 11.1 Å². The first-order chi connectivity index (χ1) is 9.76. The van der Waals surface area contributed by atoms with E-state index in [1.54, 1.807) is 13.0 Å². The van der Waals surface area contributed by atoms with Crippen molar-refractivity contribution in [2.75, 3.05) is 13.1 Å². The van der Waals surface area contributed by atoms with E-state index in [9.17, 15) is 18.0 Å². The van der Waals surface area contributed by atoms with Crippen LogP contribution in [0.2, 0.25) is 0 Å². The normalized spacial score (nSPS) is 23.9. The molecule has 0 bridgehead atoms. The predicted molar refractivity (Wildman–Crippen MR) is 73.7 cm³/mol. The number of alkyl halides is 3. The first-order valence-corrected chi connectivity index (χ1v) is 6.91. The van der Waals surface area contributed by atoms with E-state index in [4.69, 9.17) is 0 Å². The molecular weight excluding hydrogens is 281 g/mol. The van der Waals surface area contributed by atoms with Crippen LogP contribution < -0.4 is 10.6 Å². The van der Waals surface area contributed by atoms with E-state index < -0.39 is 23.5 Å². The summed E-state index contributed by atoms with van der Waals surface area (Å²) in [7, 11) is 0. The average molecular weight is 300 g/mol. The lowest BCUT2D eigenvalue weighted by Gasteiger charge is -2.31. The molecule has 1 aromatic carbocycles. The first-order valence-electron chi connectivity index (χ1n) is 6.91. The Morgan fingerprint density at radius 2 is 2.14 bits per heavy atom. The number of hydrogen-bond acceptors (Lipinski definition) is 2. The molecule has 6 heteroatoms. The zero-order chi connectivity index (χ0) is 15.7. The second-order valence-electron chi connectivity index (χ2n) is 5.62. The summed E-state index contributed by atoms with van der Waals surface area (Å²) < 4.78 is 39.8. The highest BCUT2D eigenvalue weighted by Gasteiger charge is 2.61. The second kappa shape index (κ2) is 5.67. The van der Waals surface area contributed by atoms with E-state index >= 15 is 0 Å². The lowest BCUT2D eigenvalue weighted by atomic mass is 9.84. The van der Waals surface area contributed by atoms with Crippen LogP contribution in [0.4, 0.5) is 13.2 Å². The van der Waals surface area contributed by atoms with Gasteiger partial charge in [0.2, 0.25) is 5.91 Å². The van der Waals surface area contributed by atoms with Gasteiger partial charge < -0.3 is 10.6 Å². The van der Waals surface area contributed by atoms with Crippen LogP contribution >= 0.6 is 0 Å². The van der Waals surface area contributed by atoms with Crippen LogP contribution in [-0.2, 0) is 4.79 Å². The summed E-state index contributed by atoms with van der Waals surface area (Å²) in [5, 5.41) is 5.16. The maximum Gasteiger partial charge on any atom is 0.404 e. The van der Waals surface area contributed by atoms with Gasteiger partial charge in [0.1, 0.15) is 0 Å². The molecule has 2 rings (SSSR count). The van der Waals surface area contributed by atoms with Gasteiger partial charge in [-0.2, -0.15) is 13.2 Å². The van der Waals surface area contributed by atoms with Gasteiger partial charge in [-0.25, -0.2) is 0 Å². The molecule has 116 valence electrons. The summed E-state index contributed by atoms with van der Waals surface area (Å²) in [5.74, 6) is -0.950. The fourth-order valence-electron chi connectivity index (χ4n) is 2.61. The third-order valence-electron chi connectivity index (χ3n) is 4.02. The SMILES string of the molecule is Cc1cccc([C@H](C)NC(=O)C2(C(F)(F)F)CCNC2)c1. The van der Waals surface area contributed by atoms with Crippen molar-refractivity contribution in [3.8, 4) is 0 Å². The third kappa shape index (κ3) is 3.05. The Morgan fingerprint density at radius 1 is 1.43 bits per heavy atom. The number of nitrogens with one attached hydrogen (secondary N) is 2. The fraction of sp³-hybridized carbons (Fsp3) is 0.533. The Morgan fingerprint density at radius 3 is 2.67 bits per heavy atom. The van der Waals surface area contributed by atoms with Crippen LogP contribution in [-0.4, -0.2) is 25.2 Å². The smallest absolute Gasteiger partial charge is 0.349 e. The summed E-state index contributed by atoms with van der Waals surface area (Å²) in [6.07, 6.45) is -4.77. The molecule has 0 saturated carbocycles. The van der Waals surface area contributed by atoms with Crippen LogP contribution in [0.15, 0.2) is 24.3 Å². The number of aryl methyl sites for hydroxylation is 1. The molecule has 1 aliphatic heterocycles. The van der Waals surface area contributed by atoms with Crippen LogP contribution in [0, 0.1) is 12.3 Å². The molecule has 1 aromatic rings. The van der Waals surface area contributed by atoms with Crippen LogP contribution in [0.25, 0.3) is 0 Å². The molecule has 0 aliphatic carbocycles. The van der Waals surface area contributed by atoms with Crippen LogP contribution in [0.3, 0.4) is 0 Å². The molecule has 1 saturated heterocycles. The van der Waals surface area contributed by atoms with Gasteiger partial charge in [-0.3, -0.25) is 4.79 Å². The third-order valence-corrected chi connectivity index (χ3v) is 4.02. The van der Waals surface area contributed by atoms with Gasteiger partial charge in [0.05, 0.1) is 6.04 Å². The number of carbonyl (C=O) groups excluding carboxylic acids is 1. The highest BCUT2D eigenvalue weighted by Crippen LogP contribution is 2.43. The average Bonchev–Trinajstić information content (AvgIpc) is 2.88. The number of hydrogen-bond donors (Lipinski definition) is 2. The van der Waals surface area contributed by atoms with Gasteiger partial charge in [-0.1, -0.05) is 29.8 Å². The Kier molecular flexibility index (Phi) is 4.27. The molecule has 0 aromatic heterocycles. The van der Waals surface area contributed by atoms with Crippen molar-refractivity contribution >= 4 is 5.91 Å². The largest absolute Gasteiger partial charge is 0.404 e. The first kappa shape index (κ1) is 15.8. The van der Waals surface area contributed by atoms with Crippen LogP contribution in [0.5, 0.6) is 0 Å². The molecule has 2 N–H and O–H groups in total. The van der Waals surface area contributed by atoms with E-state index in [1.165, 1.54) is 0 Å². The Bertz CT molecular complexity index is 522. The highest BCUT2D eigenvalue weighted by molar-refractivity contribution is 5.84. The zero-order valence-corrected chi connectivity index (χ0v) is 12.1. The molecule has 1 amide bonds. The van der Waals surface area contributed by atoms with Gasteiger partial charge in [0, 0.05) is 6.54 Å². The molecule has 1 aliphatic rings. The summed E-state index contributed by atoms with van der Waals surface area (Å²) in [4.78, 5) is 12.2. The summed E-state index contributed by atoms with van der Waals surface area (Å²) in [5.41, 5.74) is -0.515. The molecule has 2 atom stereocenters. The molecular formula is C15H19F3N2O. The minimum Gasteiger partial charge on any atom is -0.349 e. The summed E-state index contributed by atoms with van der Waals surface area (Å²) in [6.45, 7) is 3.43. The molecule has 1 heterocycles. The van der Waals surface area contributed by atoms with Crippen molar-refractivity contribution in [3.63, 3.8) is 0 Å². The number of halogens is 3. The second-order valence-corrected chi connectivity index (χ2v) is 5.62. The van der Waals surface area contributed by atoms with E-state index in [-0.39, 0.29) is 19.5 Å². The van der Waals surface area contributed by atoms with Crippen molar-refractivity contribution in [1.29, 1.82) is 0 Å². The number of benzene rings is 1. The quantitative estimate of drug-likeness (QED) is 0.901. The van der Waals surface area contributed by atoms with Gasteiger partial charge >= 0.3 is 6.18 Å². The van der Waals surface area contributed by atoms with Crippen molar-refractivity contribution in [2.45, 2.75) is 32.5 Å². The maximum atomic E-state index is 13.3. The van der Waals surface area contributed by atoms with Gasteiger partial charge in [-0.05, 0) is 32.4 Å². The maximum absolute atomic E-state index is 13.3. The molecule has 1 fully saturated rings. The highest BCUT2D eigenvalue weighted by atomic mass is 19.4. The Labute approximate surface area is 121 Å². The Balaban J connectivity index is 2.16. The molecule has 0 spiro atoms. The van der Waals surface area contributed by atoms with Gasteiger partial charge in [0.15, 0.2) is 5.41 Å². The lowest BCUT2D eigenvalue weighted by molar-refractivity contribution is -0.216. The van der Waals surface area contributed by atoms with E-state index in [1.807, 2.05) is 25.1 Å². The van der Waals surface area contributed by atoms with Crippen molar-refractivity contribution in [1.82, 2.24) is 10.6 Å². The predicted octanol–water partition coefficient (Wildman–Crippen LogP) is 2.71. The molecule has 0 radical (unpaired) electrons. The number of rotatable bonds is 3. The minimum absolute atomic E-state index is 0.200.